The summed E-state index contributed by atoms with van der Waals surface area (Å²) >= 11 is 0. The molecule has 1 fully saturated rings. The van der Waals surface area contributed by atoms with Crippen molar-refractivity contribution in [2.24, 2.45) is 11.8 Å². The summed E-state index contributed by atoms with van der Waals surface area (Å²) in [6, 6.07) is 6.19. The number of rotatable bonds is 8. The molecule has 216 valence electrons. The number of phenolic OH excluding ortho intramolecular Hbond substituents is 1. The van der Waals surface area contributed by atoms with Crippen LogP contribution in [0.15, 0.2) is 36.0 Å². The van der Waals surface area contributed by atoms with E-state index in [0.29, 0.717) is 28.2 Å². The van der Waals surface area contributed by atoms with Crippen molar-refractivity contribution < 1.29 is 53.4 Å². The van der Waals surface area contributed by atoms with Crippen molar-refractivity contribution in [3.05, 3.63) is 52.7 Å². The van der Waals surface area contributed by atoms with Crippen LogP contribution in [0.3, 0.4) is 0 Å². The number of nitrogens with one attached hydrogen (secondary N) is 1. The monoisotopic (exact) mass is 568 g/mol. The fraction of sp³-hybridized carbons (Fsp3) is 0.393. The molecule has 1 saturated heterocycles. The average Bonchev–Trinajstić information content (AvgIpc) is 3.66. The second kappa shape index (κ2) is 10.2. The third-order valence-corrected chi connectivity index (χ3v) is 7.97. The van der Waals surface area contributed by atoms with Crippen molar-refractivity contribution in [2.45, 2.75) is 18.1 Å². The highest BCUT2D eigenvalue weighted by atomic mass is 16.7. The molecule has 0 radical (unpaired) electrons. The van der Waals surface area contributed by atoms with E-state index < -0.39 is 54.3 Å². The number of aliphatic hydroxyl groups is 2. The number of amides is 2. The van der Waals surface area contributed by atoms with Gasteiger partial charge in [-0.05, 0) is 41.0 Å². The number of aromatic hydroxyl groups is 1. The lowest BCUT2D eigenvalue weighted by Gasteiger charge is -2.40. The van der Waals surface area contributed by atoms with Crippen LogP contribution in [-0.2, 0) is 19.1 Å². The first-order valence-corrected chi connectivity index (χ1v) is 12.9. The van der Waals surface area contributed by atoms with Gasteiger partial charge < -0.3 is 44.3 Å². The molecule has 4 aliphatic rings. The van der Waals surface area contributed by atoms with E-state index in [-0.39, 0.29) is 42.9 Å². The summed E-state index contributed by atoms with van der Waals surface area (Å²) in [5.41, 5.74) is 1.99. The maximum absolute atomic E-state index is 13.3. The molecule has 2 aromatic rings. The van der Waals surface area contributed by atoms with Crippen LogP contribution in [0.1, 0.15) is 28.7 Å². The van der Waals surface area contributed by atoms with Crippen molar-refractivity contribution in [1.29, 1.82) is 0 Å². The molecular weight excluding hydrogens is 540 g/mol. The summed E-state index contributed by atoms with van der Waals surface area (Å²) in [4.78, 5) is 39.9. The Balaban J connectivity index is 1.46. The van der Waals surface area contributed by atoms with Gasteiger partial charge in [0.15, 0.2) is 23.0 Å². The van der Waals surface area contributed by atoms with Gasteiger partial charge in [-0.15, -0.1) is 0 Å². The van der Waals surface area contributed by atoms with E-state index in [1.54, 1.807) is 24.3 Å². The highest BCUT2D eigenvalue weighted by Gasteiger charge is 2.53. The van der Waals surface area contributed by atoms with Crippen LogP contribution < -0.4 is 24.3 Å². The zero-order valence-corrected chi connectivity index (χ0v) is 22.2. The molecule has 0 bridgehead atoms. The zero-order valence-electron chi connectivity index (χ0n) is 22.2. The number of ether oxygens (including phenoxy) is 5. The Hall–Kier alpha value is -4.49. The van der Waals surface area contributed by atoms with Gasteiger partial charge in [0.1, 0.15) is 5.70 Å². The summed E-state index contributed by atoms with van der Waals surface area (Å²) in [7, 11) is 2.82. The van der Waals surface area contributed by atoms with Crippen molar-refractivity contribution in [3.8, 4) is 28.7 Å². The number of phenols is 1. The van der Waals surface area contributed by atoms with Gasteiger partial charge in [0.25, 0.3) is 11.8 Å². The number of cyclic esters (lactones) is 1. The van der Waals surface area contributed by atoms with Crippen LogP contribution in [0.25, 0.3) is 0 Å². The molecule has 3 aliphatic heterocycles. The van der Waals surface area contributed by atoms with E-state index in [4.69, 9.17) is 23.7 Å². The molecule has 1 unspecified atom stereocenters. The van der Waals surface area contributed by atoms with Gasteiger partial charge in [0.2, 0.25) is 12.5 Å². The first-order valence-electron chi connectivity index (χ1n) is 12.9. The predicted octanol–water partition coefficient (Wildman–Crippen LogP) is 0.309. The smallest absolute Gasteiger partial charge is 0.310 e. The molecule has 0 saturated carbocycles. The van der Waals surface area contributed by atoms with Crippen LogP contribution in [0.5, 0.6) is 28.7 Å². The topological polar surface area (TPSA) is 173 Å². The van der Waals surface area contributed by atoms with Crippen LogP contribution in [0.2, 0.25) is 0 Å². The number of hydrogen-bond donors (Lipinski definition) is 4. The number of carbonyl (C=O) groups excluding carboxylic acids is 3. The minimum absolute atomic E-state index is 0.0109. The second-order valence-corrected chi connectivity index (χ2v) is 10.2. The Morgan fingerprint density at radius 3 is 2.32 bits per heavy atom. The number of carbonyl (C=O) groups is 3. The van der Waals surface area contributed by atoms with Crippen LogP contribution in [-0.4, -0.2) is 84.9 Å². The van der Waals surface area contributed by atoms with Crippen molar-refractivity contribution in [1.82, 2.24) is 10.2 Å². The van der Waals surface area contributed by atoms with E-state index >= 15 is 0 Å². The molecule has 0 aromatic heterocycles. The third-order valence-electron chi connectivity index (χ3n) is 7.97. The number of hydrogen-bond acceptors (Lipinski definition) is 12. The number of imide groups is 1. The quantitative estimate of drug-likeness (QED) is 0.254. The maximum atomic E-state index is 13.3. The van der Waals surface area contributed by atoms with E-state index in [1.165, 1.54) is 14.2 Å². The number of nitrogens with zero attached hydrogens (tertiary/aromatic N) is 1. The fourth-order valence-corrected chi connectivity index (χ4v) is 6.06. The molecule has 5 atom stereocenters. The first kappa shape index (κ1) is 26.7. The Labute approximate surface area is 233 Å². The summed E-state index contributed by atoms with van der Waals surface area (Å²) in [6.07, 6.45) is -0.149. The SMILES string of the molecule is COc1cc([C@@H]2c3cc4c(cc3[C@@H](NC3=CC(=O)N(CC(O)CO)C3=O)[C@H]3COC(=O)[C@H]23)OCO4)cc(OC)c1O. The molecule has 13 heteroatoms. The van der Waals surface area contributed by atoms with Crippen molar-refractivity contribution in [2.75, 3.05) is 40.8 Å². The predicted molar refractivity (Wildman–Crippen MR) is 137 cm³/mol. The molecule has 3 heterocycles. The molecule has 13 nitrogen and oxygen atoms in total. The molecule has 41 heavy (non-hydrogen) atoms. The number of methoxy groups -OCH3 is 2. The molecular formula is C28H28N2O11. The van der Waals surface area contributed by atoms with Gasteiger partial charge in [0, 0.05) is 17.9 Å². The minimum Gasteiger partial charge on any atom is -0.502 e. The molecule has 0 spiro atoms. The average molecular weight is 569 g/mol. The number of aliphatic hydroxyl groups excluding tert-OH is 2. The van der Waals surface area contributed by atoms with E-state index in [1.807, 2.05) is 0 Å². The van der Waals surface area contributed by atoms with E-state index in [0.717, 1.165) is 11.0 Å². The summed E-state index contributed by atoms with van der Waals surface area (Å²) in [5.74, 6) is -2.43. The normalized spacial score (nSPS) is 24.9. The maximum Gasteiger partial charge on any atom is 0.310 e. The van der Waals surface area contributed by atoms with Gasteiger partial charge in [-0.1, -0.05) is 0 Å². The highest BCUT2D eigenvalue weighted by molar-refractivity contribution is 6.16. The third kappa shape index (κ3) is 4.28. The Morgan fingerprint density at radius 1 is 1.02 bits per heavy atom. The van der Waals surface area contributed by atoms with Crippen LogP contribution >= 0.6 is 0 Å². The van der Waals surface area contributed by atoms with E-state index in [2.05, 4.69) is 5.32 Å². The van der Waals surface area contributed by atoms with Gasteiger partial charge in [-0.25, -0.2) is 0 Å². The fourth-order valence-electron chi connectivity index (χ4n) is 6.06. The number of fused-ring (bicyclic) bond motifs is 3. The van der Waals surface area contributed by atoms with Crippen LogP contribution in [0.4, 0.5) is 0 Å². The standard InChI is InChI=1S/C28H28N2O11/c1-37-20-3-12(4-21(38-2)26(20)34)23-14-5-18-19(41-11-40-18)6-15(14)25(16-10-39-28(36)24(16)23)29-17-7-22(33)30(27(17)35)8-13(32)9-31/h3-7,13,16,23-25,29,31-32,34H,8-11H2,1-2H3/t13?,16-,23+,24-,25+/m0/s1. The van der Waals surface area contributed by atoms with E-state index in [9.17, 15) is 29.7 Å². The van der Waals surface area contributed by atoms with Crippen LogP contribution in [0, 0.1) is 11.8 Å². The molecule has 2 aromatic carbocycles. The largest absolute Gasteiger partial charge is 0.502 e. The van der Waals surface area contributed by atoms with Gasteiger partial charge in [0.05, 0.1) is 52.0 Å². The Morgan fingerprint density at radius 2 is 1.68 bits per heavy atom. The Kier molecular flexibility index (Phi) is 6.62. The lowest BCUT2D eigenvalue weighted by molar-refractivity contribution is -0.142. The number of β-amino-alcohol motifs (C(OH)–C–C–N with tert-alkyl or cyclic N) is 1. The molecule has 4 N–H and O–H groups in total. The van der Waals surface area contributed by atoms with Gasteiger partial charge >= 0.3 is 5.97 Å². The number of benzene rings is 2. The summed E-state index contributed by atoms with van der Waals surface area (Å²) < 4.78 is 27.6. The summed E-state index contributed by atoms with van der Waals surface area (Å²) in [5, 5.41) is 32.7. The lowest BCUT2D eigenvalue weighted by Crippen LogP contribution is -2.43. The molecule has 1 aliphatic carbocycles. The summed E-state index contributed by atoms with van der Waals surface area (Å²) in [6.45, 7) is -0.923. The minimum atomic E-state index is -1.28. The van der Waals surface area contributed by atoms with Crippen molar-refractivity contribution in [3.63, 3.8) is 0 Å². The first-order chi connectivity index (χ1) is 19.7. The Bertz CT molecular complexity index is 1450. The van der Waals surface area contributed by atoms with Gasteiger partial charge in [-0.2, -0.15) is 0 Å². The second-order valence-electron chi connectivity index (χ2n) is 10.2. The van der Waals surface area contributed by atoms with Gasteiger partial charge in [-0.3, -0.25) is 19.3 Å². The lowest BCUT2D eigenvalue weighted by atomic mass is 9.65. The number of esters is 1. The zero-order chi connectivity index (χ0) is 29.0. The molecule has 6 rings (SSSR count). The van der Waals surface area contributed by atoms with Crippen molar-refractivity contribution >= 4 is 17.8 Å². The highest BCUT2D eigenvalue weighted by Crippen LogP contribution is 2.55. The molecule has 2 amide bonds.